The zero-order valence-electron chi connectivity index (χ0n) is 10.6. The van der Waals surface area contributed by atoms with Gasteiger partial charge in [-0.15, -0.1) is 0 Å². The summed E-state index contributed by atoms with van der Waals surface area (Å²) < 4.78 is 2.33. The number of benzene rings is 2. The van der Waals surface area contributed by atoms with Crippen LogP contribution < -0.4 is 0 Å². The molecule has 0 fully saturated rings. The van der Waals surface area contributed by atoms with E-state index in [9.17, 15) is 0 Å². The summed E-state index contributed by atoms with van der Waals surface area (Å²) in [5, 5.41) is 1.38. The third kappa shape index (κ3) is 1.92. The molecule has 3 aromatic rings. The molecule has 90 valence electrons. The van der Waals surface area contributed by atoms with Crippen molar-refractivity contribution >= 4 is 10.9 Å². The fourth-order valence-electron chi connectivity index (χ4n) is 2.54. The zero-order valence-corrected chi connectivity index (χ0v) is 10.6. The summed E-state index contributed by atoms with van der Waals surface area (Å²) in [6, 6.07) is 19.3. The average Bonchev–Trinajstić information content (AvgIpc) is 2.78. The first-order valence-corrected chi connectivity index (χ1v) is 6.49. The van der Waals surface area contributed by atoms with E-state index in [1.807, 2.05) is 0 Å². The molecule has 0 aliphatic carbocycles. The maximum Gasteiger partial charge on any atom is 0.0483 e. The Balaban J connectivity index is 2.07. The highest BCUT2D eigenvalue weighted by Crippen LogP contribution is 2.23. The molecule has 0 saturated carbocycles. The molecule has 3 rings (SSSR count). The summed E-state index contributed by atoms with van der Waals surface area (Å²) in [6.07, 6.45) is 3.30. The summed E-state index contributed by atoms with van der Waals surface area (Å²) in [5.41, 5.74) is 4.13. The van der Waals surface area contributed by atoms with Gasteiger partial charge in [-0.1, -0.05) is 48.5 Å². The Morgan fingerprint density at radius 1 is 0.889 bits per heavy atom. The molecule has 1 heteroatoms. The van der Waals surface area contributed by atoms with Crippen LogP contribution in [-0.4, -0.2) is 4.57 Å². The standard InChI is InChI=1S/C17H17N/c1-2-18-13-15(12-14-8-4-3-5-9-14)16-10-6-7-11-17(16)18/h3-11,13H,2,12H2,1H3. The SMILES string of the molecule is CCn1cc(Cc2ccccc2)c2ccccc21. The van der Waals surface area contributed by atoms with Gasteiger partial charge in [-0.3, -0.25) is 0 Å². The first-order valence-electron chi connectivity index (χ1n) is 6.49. The van der Waals surface area contributed by atoms with Crippen LogP contribution in [0.15, 0.2) is 60.8 Å². The van der Waals surface area contributed by atoms with Crippen molar-refractivity contribution < 1.29 is 0 Å². The van der Waals surface area contributed by atoms with Crippen LogP contribution in [0.25, 0.3) is 10.9 Å². The Hall–Kier alpha value is -2.02. The van der Waals surface area contributed by atoms with Crippen LogP contribution >= 0.6 is 0 Å². The second-order valence-electron chi connectivity index (χ2n) is 4.62. The number of para-hydroxylation sites is 1. The quantitative estimate of drug-likeness (QED) is 0.639. The molecule has 18 heavy (non-hydrogen) atoms. The van der Waals surface area contributed by atoms with Crippen molar-refractivity contribution in [2.45, 2.75) is 19.9 Å². The highest BCUT2D eigenvalue weighted by molar-refractivity contribution is 5.84. The minimum absolute atomic E-state index is 1.01. The third-order valence-electron chi connectivity index (χ3n) is 3.45. The predicted molar refractivity (Wildman–Crippen MR) is 76.9 cm³/mol. The van der Waals surface area contributed by atoms with Crippen molar-refractivity contribution in [2.24, 2.45) is 0 Å². The minimum atomic E-state index is 1.01. The molecule has 0 aliphatic rings. The largest absolute Gasteiger partial charge is 0.347 e. The first kappa shape index (κ1) is 11.1. The monoisotopic (exact) mass is 235 g/mol. The highest BCUT2D eigenvalue weighted by Gasteiger charge is 2.07. The van der Waals surface area contributed by atoms with E-state index in [0.717, 1.165) is 13.0 Å². The van der Waals surface area contributed by atoms with Crippen LogP contribution in [0.1, 0.15) is 18.1 Å². The number of aryl methyl sites for hydroxylation is 1. The van der Waals surface area contributed by atoms with Gasteiger partial charge in [0.1, 0.15) is 0 Å². The smallest absolute Gasteiger partial charge is 0.0483 e. The van der Waals surface area contributed by atoms with Crippen molar-refractivity contribution in [2.75, 3.05) is 0 Å². The maximum atomic E-state index is 2.33. The summed E-state index contributed by atoms with van der Waals surface area (Å²) >= 11 is 0. The summed E-state index contributed by atoms with van der Waals surface area (Å²) in [5.74, 6) is 0. The number of hydrogen-bond donors (Lipinski definition) is 0. The van der Waals surface area contributed by atoms with Gasteiger partial charge in [-0.2, -0.15) is 0 Å². The van der Waals surface area contributed by atoms with Crippen LogP contribution in [0.3, 0.4) is 0 Å². The molecule has 2 aromatic carbocycles. The summed E-state index contributed by atoms with van der Waals surface area (Å²) in [4.78, 5) is 0. The molecule has 0 saturated heterocycles. The Morgan fingerprint density at radius 2 is 1.61 bits per heavy atom. The minimum Gasteiger partial charge on any atom is -0.347 e. The van der Waals surface area contributed by atoms with Gasteiger partial charge in [-0.05, 0) is 30.5 Å². The lowest BCUT2D eigenvalue weighted by molar-refractivity contribution is 0.793. The van der Waals surface area contributed by atoms with E-state index in [2.05, 4.69) is 72.3 Å². The predicted octanol–water partition coefficient (Wildman–Crippen LogP) is 4.25. The van der Waals surface area contributed by atoms with Crippen molar-refractivity contribution in [1.82, 2.24) is 4.57 Å². The van der Waals surface area contributed by atoms with Gasteiger partial charge in [0.15, 0.2) is 0 Å². The number of hydrogen-bond acceptors (Lipinski definition) is 0. The van der Waals surface area contributed by atoms with Crippen LogP contribution in [0.2, 0.25) is 0 Å². The third-order valence-corrected chi connectivity index (χ3v) is 3.45. The maximum absolute atomic E-state index is 2.33. The fraction of sp³-hybridized carbons (Fsp3) is 0.176. The second kappa shape index (κ2) is 4.69. The normalized spacial score (nSPS) is 10.9. The van der Waals surface area contributed by atoms with Gasteiger partial charge >= 0.3 is 0 Å². The van der Waals surface area contributed by atoms with E-state index >= 15 is 0 Å². The summed E-state index contributed by atoms with van der Waals surface area (Å²) in [7, 11) is 0. The topological polar surface area (TPSA) is 4.93 Å². The first-order chi connectivity index (χ1) is 8.88. The Morgan fingerprint density at radius 3 is 2.39 bits per heavy atom. The van der Waals surface area contributed by atoms with E-state index in [0.29, 0.717) is 0 Å². The van der Waals surface area contributed by atoms with E-state index in [1.165, 1.54) is 22.0 Å². The molecule has 0 radical (unpaired) electrons. The molecule has 1 aromatic heterocycles. The second-order valence-corrected chi connectivity index (χ2v) is 4.62. The van der Waals surface area contributed by atoms with Gasteiger partial charge in [0.05, 0.1) is 0 Å². The van der Waals surface area contributed by atoms with Crippen molar-refractivity contribution in [1.29, 1.82) is 0 Å². The number of nitrogens with zero attached hydrogens (tertiary/aromatic N) is 1. The molecule has 0 atom stereocenters. The Labute approximate surface area is 108 Å². The van der Waals surface area contributed by atoms with Crippen LogP contribution in [-0.2, 0) is 13.0 Å². The van der Waals surface area contributed by atoms with Gasteiger partial charge < -0.3 is 4.57 Å². The van der Waals surface area contributed by atoms with Crippen molar-refractivity contribution in [3.63, 3.8) is 0 Å². The Bertz CT molecular complexity index is 650. The molecule has 0 bridgehead atoms. The van der Waals surface area contributed by atoms with Gasteiger partial charge in [0, 0.05) is 23.6 Å². The van der Waals surface area contributed by atoms with Crippen LogP contribution in [0, 0.1) is 0 Å². The molecule has 0 aliphatic heterocycles. The molecule has 0 unspecified atom stereocenters. The zero-order chi connectivity index (χ0) is 12.4. The molecular weight excluding hydrogens is 218 g/mol. The van der Waals surface area contributed by atoms with Crippen LogP contribution in [0.4, 0.5) is 0 Å². The lowest BCUT2D eigenvalue weighted by Gasteiger charge is -1.99. The van der Waals surface area contributed by atoms with Crippen LogP contribution in [0.5, 0.6) is 0 Å². The lowest BCUT2D eigenvalue weighted by atomic mass is 10.0. The molecule has 1 heterocycles. The fourth-order valence-corrected chi connectivity index (χ4v) is 2.54. The molecular formula is C17H17N. The molecule has 0 amide bonds. The molecule has 0 N–H and O–H groups in total. The van der Waals surface area contributed by atoms with Gasteiger partial charge in [0.25, 0.3) is 0 Å². The van der Waals surface area contributed by atoms with E-state index in [1.54, 1.807) is 0 Å². The number of fused-ring (bicyclic) bond motifs is 1. The number of rotatable bonds is 3. The molecule has 1 nitrogen and oxygen atoms in total. The lowest BCUT2D eigenvalue weighted by Crippen LogP contribution is -1.90. The van der Waals surface area contributed by atoms with Gasteiger partial charge in [0.2, 0.25) is 0 Å². The van der Waals surface area contributed by atoms with E-state index in [4.69, 9.17) is 0 Å². The molecule has 0 spiro atoms. The van der Waals surface area contributed by atoms with Crippen molar-refractivity contribution in [3.05, 3.63) is 71.9 Å². The van der Waals surface area contributed by atoms with Gasteiger partial charge in [-0.25, -0.2) is 0 Å². The van der Waals surface area contributed by atoms with Crippen molar-refractivity contribution in [3.8, 4) is 0 Å². The highest BCUT2D eigenvalue weighted by atomic mass is 14.9. The summed E-state index contributed by atoms with van der Waals surface area (Å²) in [6.45, 7) is 3.22. The van der Waals surface area contributed by atoms with E-state index < -0.39 is 0 Å². The average molecular weight is 235 g/mol. The number of aromatic nitrogens is 1. The Kier molecular flexibility index (Phi) is 2.89. The van der Waals surface area contributed by atoms with E-state index in [-0.39, 0.29) is 0 Å².